The van der Waals surface area contributed by atoms with Crippen LogP contribution in [0.5, 0.6) is 0 Å². The van der Waals surface area contributed by atoms with Gasteiger partial charge in [-0.1, -0.05) is 36.4 Å². The van der Waals surface area contributed by atoms with E-state index in [-0.39, 0.29) is 10.9 Å². The molecule has 4 rings (SSSR count). The number of hydrogen-bond acceptors (Lipinski definition) is 3. The van der Waals surface area contributed by atoms with Crippen molar-refractivity contribution in [2.75, 3.05) is 0 Å². The molecule has 0 radical (unpaired) electrons. The molecule has 0 aliphatic heterocycles. The Bertz CT molecular complexity index is 1180. The lowest BCUT2D eigenvalue weighted by atomic mass is 10.1. The molecule has 1 atom stereocenters. The summed E-state index contributed by atoms with van der Waals surface area (Å²) in [6.45, 7) is 1.87. The van der Waals surface area contributed by atoms with Crippen molar-refractivity contribution < 1.29 is 8.42 Å². The maximum atomic E-state index is 12.9. The van der Waals surface area contributed by atoms with Gasteiger partial charge < -0.3 is 4.98 Å². The van der Waals surface area contributed by atoms with Crippen molar-refractivity contribution in [1.82, 2.24) is 14.7 Å². The van der Waals surface area contributed by atoms with Crippen LogP contribution in [0.2, 0.25) is 0 Å². The molecular weight excluding hydrogens is 346 g/mol. The van der Waals surface area contributed by atoms with Crippen LogP contribution in [0.3, 0.4) is 0 Å². The molecule has 0 aliphatic carbocycles. The molecule has 0 amide bonds. The zero-order valence-electron chi connectivity index (χ0n) is 14.3. The van der Waals surface area contributed by atoms with E-state index in [0.29, 0.717) is 11.9 Å². The number of pyridine rings is 1. The first-order valence-electron chi connectivity index (χ1n) is 8.46. The van der Waals surface area contributed by atoms with Gasteiger partial charge in [-0.2, -0.15) is 0 Å². The summed E-state index contributed by atoms with van der Waals surface area (Å²) in [5.74, 6) is 0. The fourth-order valence-corrected chi connectivity index (χ4v) is 4.72. The number of fused-ring (bicyclic) bond motifs is 2. The third-order valence-electron chi connectivity index (χ3n) is 4.44. The predicted molar refractivity (Wildman–Crippen MR) is 104 cm³/mol. The maximum absolute atomic E-state index is 12.9. The van der Waals surface area contributed by atoms with Gasteiger partial charge in [-0.3, -0.25) is 4.98 Å². The molecule has 26 heavy (non-hydrogen) atoms. The van der Waals surface area contributed by atoms with E-state index in [1.807, 2.05) is 49.5 Å². The first-order valence-corrected chi connectivity index (χ1v) is 9.94. The van der Waals surface area contributed by atoms with E-state index >= 15 is 0 Å². The van der Waals surface area contributed by atoms with Gasteiger partial charge in [0.15, 0.2) is 0 Å². The molecular formula is C20H19N3O2S. The number of aromatic amines is 1. The highest BCUT2D eigenvalue weighted by atomic mass is 32.2. The van der Waals surface area contributed by atoms with E-state index in [1.165, 1.54) is 0 Å². The molecule has 5 nitrogen and oxygen atoms in total. The number of para-hydroxylation sites is 2. The molecule has 6 heteroatoms. The fourth-order valence-electron chi connectivity index (χ4n) is 3.29. The summed E-state index contributed by atoms with van der Waals surface area (Å²) in [6.07, 6.45) is 4.15. The second kappa shape index (κ2) is 6.55. The van der Waals surface area contributed by atoms with Crippen molar-refractivity contribution >= 4 is 31.8 Å². The molecule has 4 aromatic rings. The SMILES string of the molecule is CC(Cc1c[nH]c2ccccc12)NS(=O)(=O)c1cccc2cccnc12. The standard InChI is InChI=1S/C20H19N3O2S/c1-14(12-16-13-22-18-9-3-2-8-17(16)18)23-26(24,25)19-10-4-6-15-7-5-11-21-20(15)19/h2-11,13-14,22-23H,12H2,1H3. The maximum Gasteiger partial charge on any atom is 0.242 e. The Morgan fingerprint density at radius 2 is 1.88 bits per heavy atom. The Balaban J connectivity index is 1.61. The lowest BCUT2D eigenvalue weighted by Gasteiger charge is -2.15. The van der Waals surface area contributed by atoms with E-state index in [9.17, 15) is 8.42 Å². The minimum absolute atomic E-state index is 0.210. The molecule has 0 saturated carbocycles. The summed E-state index contributed by atoms with van der Waals surface area (Å²) in [5.41, 5.74) is 2.63. The first kappa shape index (κ1) is 16.8. The highest BCUT2D eigenvalue weighted by molar-refractivity contribution is 7.89. The van der Waals surface area contributed by atoms with E-state index < -0.39 is 10.0 Å². The lowest BCUT2D eigenvalue weighted by Crippen LogP contribution is -2.34. The number of hydrogen-bond donors (Lipinski definition) is 2. The van der Waals surface area contributed by atoms with E-state index in [2.05, 4.69) is 14.7 Å². The second-order valence-electron chi connectivity index (χ2n) is 6.42. The largest absolute Gasteiger partial charge is 0.361 e. The zero-order chi connectivity index (χ0) is 18.1. The number of rotatable bonds is 5. The van der Waals surface area contributed by atoms with Gasteiger partial charge in [0.2, 0.25) is 10.0 Å². The van der Waals surface area contributed by atoms with Crippen molar-refractivity contribution in [3.8, 4) is 0 Å². The van der Waals surface area contributed by atoms with Crippen molar-refractivity contribution in [2.45, 2.75) is 24.3 Å². The molecule has 132 valence electrons. The summed E-state index contributed by atoms with van der Waals surface area (Å²) < 4.78 is 28.6. The Kier molecular flexibility index (Phi) is 4.22. The number of benzene rings is 2. The molecule has 2 aromatic carbocycles. The molecule has 0 aliphatic rings. The first-order chi connectivity index (χ1) is 12.5. The smallest absolute Gasteiger partial charge is 0.242 e. The van der Waals surface area contributed by atoms with E-state index in [4.69, 9.17) is 0 Å². The Labute approximate surface area is 152 Å². The molecule has 0 fully saturated rings. The van der Waals surface area contributed by atoms with Crippen LogP contribution in [-0.2, 0) is 16.4 Å². The second-order valence-corrected chi connectivity index (χ2v) is 8.10. The normalized spacial score (nSPS) is 13.3. The van der Waals surface area contributed by atoms with Gasteiger partial charge in [0.25, 0.3) is 0 Å². The quantitative estimate of drug-likeness (QED) is 0.567. The molecule has 0 bridgehead atoms. The Morgan fingerprint density at radius 1 is 1.08 bits per heavy atom. The number of aromatic nitrogens is 2. The van der Waals surface area contributed by atoms with Crippen LogP contribution < -0.4 is 4.72 Å². The summed E-state index contributed by atoms with van der Waals surface area (Å²) in [7, 11) is -3.67. The summed E-state index contributed by atoms with van der Waals surface area (Å²) in [6, 6.07) is 16.6. The van der Waals surface area contributed by atoms with Crippen molar-refractivity contribution in [3.05, 3.63) is 72.6 Å². The number of nitrogens with one attached hydrogen (secondary N) is 2. The third-order valence-corrected chi connectivity index (χ3v) is 6.06. The van der Waals surface area contributed by atoms with Gasteiger partial charge in [-0.05, 0) is 37.1 Å². The average molecular weight is 365 g/mol. The highest BCUT2D eigenvalue weighted by Gasteiger charge is 2.21. The Hall–Kier alpha value is -2.70. The van der Waals surface area contributed by atoms with Crippen LogP contribution in [-0.4, -0.2) is 24.4 Å². The Morgan fingerprint density at radius 3 is 2.77 bits per heavy atom. The topological polar surface area (TPSA) is 74.8 Å². The van der Waals surface area contributed by atoms with E-state index in [1.54, 1.807) is 24.4 Å². The highest BCUT2D eigenvalue weighted by Crippen LogP contribution is 2.22. The van der Waals surface area contributed by atoms with E-state index in [0.717, 1.165) is 21.9 Å². The molecule has 1 unspecified atom stereocenters. The van der Waals surface area contributed by atoms with Crippen LogP contribution in [0.4, 0.5) is 0 Å². The number of nitrogens with zero attached hydrogens (tertiary/aromatic N) is 1. The lowest BCUT2D eigenvalue weighted by molar-refractivity contribution is 0.561. The van der Waals surface area contributed by atoms with Crippen LogP contribution in [0.25, 0.3) is 21.8 Å². The molecule has 0 saturated heterocycles. The molecule has 2 heterocycles. The number of H-pyrrole nitrogens is 1. The van der Waals surface area contributed by atoms with Gasteiger partial charge in [-0.15, -0.1) is 0 Å². The molecule has 2 aromatic heterocycles. The van der Waals surface area contributed by atoms with Crippen LogP contribution in [0.1, 0.15) is 12.5 Å². The van der Waals surface area contributed by atoms with Crippen LogP contribution >= 0.6 is 0 Å². The summed E-state index contributed by atoms with van der Waals surface area (Å²) in [5, 5.41) is 1.92. The minimum atomic E-state index is -3.67. The van der Waals surface area contributed by atoms with Gasteiger partial charge in [0.05, 0.1) is 5.52 Å². The average Bonchev–Trinajstić information content (AvgIpc) is 3.03. The summed E-state index contributed by atoms with van der Waals surface area (Å²) >= 11 is 0. The third kappa shape index (κ3) is 3.09. The van der Waals surface area contributed by atoms with Crippen molar-refractivity contribution in [2.24, 2.45) is 0 Å². The van der Waals surface area contributed by atoms with Gasteiger partial charge >= 0.3 is 0 Å². The minimum Gasteiger partial charge on any atom is -0.361 e. The molecule has 0 spiro atoms. The predicted octanol–water partition coefficient (Wildman–Crippen LogP) is 3.63. The van der Waals surface area contributed by atoms with Gasteiger partial charge in [0, 0.05) is 34.7 Å². The summed E-state index contributed by atoms with van der Waals surface area (Å²) in [4.78, 5) is 7.68. The van der Waals surface area contributed by atoms with Crippen molar-refractivity contribution in [1.29, 1.82) is 0 Å². The fraction of sp³-hybridized carbons (Fsp3) is 0.150. The van der Waals surface area contributed by atoms with Gasteiger partial charge in [0.1, 0.15) is 4.90 Å². The monoisotopic (exact) mass is 365 g/mol. The van der Waals surface area contributed by atoms with Crippen LogP contribution in [0, 0.1) is 0 Å². The van der Waals surface area contributed by atoms with Crippen LogP contribution in [0.15, 0.2) is 71.9 Å². The number of sulfonamides is 1. The molecule has 2 N–H and O–H groups in total. The van der Waals surface area contributed by atoms with Crippen molar-refractivity contribution in [3.63, 3.8) is 0 Å². The zero-order valence-corrected chi connectivity index (χ0v) is 15.1. The van der Waals surface area contributed by atoms with Gasteiger partial charge in [-0.25, -0.2) is 13.1 Å².